The van der Waals surface area contributed by atoms with Crippen LogP contribution in [0.2, 0.25) is 0 Å². The molecule has 0 atom stereocenters. The Labute approximate surface area is 131 Å². The molecule has 3 aromatic carbocycles. The number of rotatable bonds is 2. The van der Waals surface area contributed by atoms with Crippen LogP contribution in [0.25, 0.3) is 10.8 Å². The normalized spacial score (nSPS) is 16.3. The molecule has 4 rings (SSSR count). The van der Waals surface area contributed by atoms with Crippen molar-refractivity contribution >= 4 is 29.5 Å². The molecule has 3 aromatic rings. The summed E-state index contributed by atoms with van der Waals surface area (Å²) in [7, 11) is -4.38. The van der Waals surface area contributed by atoms with Crippen LogP contribution in [0.4, 0.5) is 14.3 Å². The molecule has 0 aliphatic carbocycles. The van der Waals surface area contributed by atoms with Crippen molar-refractivity contribution in [1.82, 2.24) is 0 Å². The summed E-state index contributed by atoms with van der Waals surface area (Å²) in [4.78, 5) is 0. The first-order valence-electron chi connectivity index (χ1n) is 7.22. The molecular formula is C17H12BF2NO2. The van der Waals surface area contributed by atoms with E-state index in [1.165, 1.54) is 0 Å². The fourth-order valence-corrected chi connectivity index (χ4v) is 2.62. The standard InChI is InChI=1S/C17H12BF2NO2/c19-18(20)22-17(21(23-18)16-8-2-1-3-9-16)15-11-10-13-6-4-5-7-14(13)12-15/h1-12H. The number of halogens is 2. The number of fused-ring (bicyclic) bond motifs is 1. The van der Waals surface area contributed by atoms with Crippen LogP contribution in [0, 0.1) is 0 Å². The van der Waals surface area contributed by atoms with Gasteiger partial charge in [-0.15, -0.1) is 0 Å². The summed E-state index contributed by atoms with van der Waals surface area (Å²) in [6, 6.07) is 21.8. The number of benzene rings is 3. The lowest BCUT2D eigenvalue weighted by molar-refractivity contribution is -0.688. The van der Waals surface area contributed by atoms with Crippen molar-refractivity contribution in [3.8, 4) is 0 Å². The molecule has 0 bridgehead atoms. The molecule has 0 spiro atoms. The maximum absolute atomic E-state index is 13.7. The van der Waals surface area contributed by atoms with Crippen LogP contribution < -0.4 is 0 Å². The second kappa shape index (κ2) is 5.09. The Balaban J connectivity index is 1.88. The zero-order valence-electron chi connectivity index (χ0n) is 12.0. The van der Waals surface area contributed by atoms with Gasteiger partial charge in [-0.2, -0.15) is 0 Å². The van der Waals surface area contributed by atoms with Gasteiger partial charge >= 0.3 is 13.0 Å². The third kappa shape index (κ3) is 2.52. The summed E-state index contributed by atoms with van der Waals surface area (Å²) in [5.41, 5.74) is 1.02. The Kier molecular flexibility index (Phi) is 3.04. The second-order valence-electron chi connectivity index (χ2n) is 5.26. The minimum atomic E-state index is -4.38. The van der Waals surface area contributed by atoms with Gasteiger partial charge in [-0.3, -0.25) is 0 Å². The Bertz CT molecular complexity index is 913. The Morgan fingerprint density at radius 1 is 0.783 bits per heavy atom. The van der Waals surface area contributed by atoms with Gasteiger partial charge in [0.1, 0.15) is 0 Å². The Morgan fingerprint density at radius 3 is 2.26 bits per heavy atom. The topological polar surface area (TPSA) is 21.5 Å². The van der Waals surface area contributed by atoms with Gasteiger partial charge in [-0.1, -0.05) is 48.5 Å². The van der Waals surface area contributed by atoms with Gasteiger partial charge in [0.25, 0.3) is 5.69 Å². The van der Waals surface area contributed by atoms with E-state index in [1.54, 1.807) is 42.5 Å². The molecule has 0 aromatic heterocycles. The lowest BCUT2D eigenvalue weighted by Crippen LogP contribution is -2.27. The summed E-state index contributed by atoms with van der Waals surface area (Å²) < 4.78 is 37.9. The van der Waals surface area contributed by atoms with Crippen molar-refractivity contribution in [3.63, 3.8) is 0 Å². The predicted molar refractivity (Wildman–Crippen MR) is 84.6 cm³/mol. The average Bonchev–Trinajstić information content (AvgIpc) is 2.91. The van der Waals surface area contributed by atoms with Crippen LogP contribution >= 0.6 is 0 Å². The molecule has 1 aliphatic heterocycles. The molecule has 0 saturated carbocycles. The molecule has 3 nitrogen and oxygen atoms in total. The monoisotopic (exact) mass is 311 g/mol. The molecule has 0 N–H and O–H groups in total. The molecular weight excluding hydrogens is 299 g/mol. The minimum absolute atomic E-state index is 0.00745. The first-order valence-corrected chi connectivity index (χ1v) is 7.22. The quantitative estimate of drug-likeness (QED) is 0.521. The van der Waals surface area contributed by atoms with Crippen molar-refractivity contribution in [2.75, 3.05) is 0 Å². The maximum Gasteiger partial charge on any atom is 0.782 e. The summed E-state index contributed by atoms with van der Waals surface area (Å²) in [6.45, 7) is 0. The number of para-hydroxylation sites is 1. The van der Waals surface area contributed by atoms with Crippen molar-refractivity contribution in [3.05, 3.63) is 78.4 Å². The van der Waals surface area contributed by atoms with E-state index in [-0.39, 0.29) is 5.90 Å². The van der Waals surface area contributed by atoms with Gasteiger partial charge < -0.3 is 18.0 Å². The van der Waals surface area contributed by atoms with E-state index < -0.39 is 7.11 Å². The van der Waals surface area contributed by atoms with Crippen LogP contribution in [0.5, 0.6) is 0 Å². The van der Waals surface area contributed by atoms with E-state index >= 15 is 0 Å². The largest absolute Gasteiger partial charge is 0.782 e. The first-order chi connectivity index (χ1) is 11.1. The predicted octanol–water partition coefficient (Wildman–Crippen LogP) is 4.27. The molecule has 0 fully saturated rings. The lowest BCUT2D eigenvalue weighted by Gasteiger charge is -2.09. The Hall–Kier alpha value is -2.89. The van der Waals surface area contributed by atoms with Crippen LogP contribution in [-0.2, 0) is 9.41 Å². The summed E-state index contributed by atoms with van der Waals surface area (Å²) in [5, 5.41) is 1.97. The highest BCUT2D eigenvalue weighted by Gasteiger charge is 2.50. The van der Waals surface area contributed by atoms with Gasteiger partial charge in [-0.25, -0.2) is 0 Å². The van der Waals surface area contributed by atoms with Gasteiger partial charge in [0, 0.05) is 16.9 Å². The van der Waals surface area contributed by atoms with Gasteiger partial charge in [-0.05, 0) is 22.9 Å². The summed E-state index contributed by atoms with van der Waals surface area (Å²) in [5.74, 6) is -0.00745. The van der Waals surface area contributed by atoms with E-state index in [0.717, 1.165) is 15.5 Å². The minimum Gasteiger partial charge on any atom is -0.572 e. The molecule has 114 valence electrons. The van der Waals surface area contributed by atoms with E-state index in [2.05, 4.69) is 0 Å². The van der Waals surface area contributed by atoms with Gasteiger partial charge in [0.2, 0.25) is 0 Å². The van der Waals surface area contributed by atoms with E-state index in [1.807, 2.05) is 30.3 Å². The summed E-state index contributed by atoms with van der Waals surface area (Å²) >= 11 is 0. The van der Waals surface area contributed by atoms with Crippen molar-refractivity contribution in [1.29, 1.82) is 0 Å². The second-order valence-corrected chi connectivity index (χ2v) is 5.26. The highest BCUT2D eigenvalue weighted by molar-refractivity contribution is 6.55. The smallest absolute Gasteiger partial charge is 0.572 e. The number of hydrogen-bond donors (Lipinski definition) is 0. The third-order valence-electron chi connectivity index (χ3n) is 3.65. The SMILES string of the molecule is F[B-]1(F)OC(c2ccc3ccccc3c2)=[N+](c2ccccc2)O1. The fraction of sp³-hybridized carbons (Fsp3) is 0. The van der Waals surface area contributed by atoms with Crippen LogP contribution in [0.15, 0.2) is 72.8 Å². The number of hydrogen-bond acceptors (Lipinski definition) is 2. The summed E-state index contributed by atoms with van der Waals surface area (Å²) in [6.07, 6.45) is 0. The fourth-order valence-electron chi connectivity index (χ4n) is 2.62. The van der Waals surface area contributed by atoms with E-state index in [4.69, 9.17) is 9.41 Å². The first kappa shape index (κ1) is 13.8. The third-order valence-corrected chi connectivity index (χ3v) is 3.65. The van der Waals surface area contributed by atoms with Crippen molar-refractivity contribution in [2.24, 2.45) is 0 Å². The van der Waals surface area contributed by atoms with Crippen molar-refractivity contribution < 1.29 is 22.8 Å². The van der Waals surface area contributed by atoms with E-state index in [9.17, 15) is 8.63 Å². The number of nitrogens with zero attached hydrogens (tertiary/aromatic N) is 1. The van der Waals surface area contributed by atoms with Gasteiger partial charge in [0.05, 0.1) is 5.56 Å². The molecule has 0 amide bonds. The molecule has 0 unspecified atom stereocenters. The molecule has 23 heavy (non-hydrogen) atoms. The molecule has 6 heteroatoms. The Morgan fingerprint density at radius 2 is 1.48 bits per heavy atom. The van der Waals surface area contributed by atoms with E-state index in [0.29, 0.717) is 11.3 Å². The van der Waals surface area contributed by atoms with Crippen LogP contribution in [-0.4, -0.2) is 17.7 Å². The molecule has 0 saturated heterocycles. The molecule has 0 radical (unpaired) electrons. The highest BCUT2D eigenvalue weighted by Crippen LogP contribution is 2.28. The van der Waals surface area contributed by atoms with Crippen LogP contribution in [0.3, 0.4) is 0 Å². The van der Waals surface area contributed by atoms with Crippen LogP contribution in [0.1, 0.15) is 5.56 Å². The molecule has 1 heterocycles. The van der Waals surface area contributed by atoms with Gasteiger partial charge in [0.15, 0.2) is 0 Å². The highest BCUT2D eigenvalue weighted by atomic mass is 19.3. The maximum atomic E-state index is 13.7. The molecule has 1 aliphatic rings. The zero-order valence-corrected chi connectivity index (χ0v) is 12.0. The average molecular weight is 311 g/mol. The van der Waals surface area contributed by atoms with Crippen molar-refractivity contribution in [2.45, 2.75) is 0 Å². The zero-order chi connectivity index (χ0) is 15.9. The lowest BCUT2D eigenvalue weighted by atomic mass is 10.1.